The second-order valence-corrected chi connectivity index (χ2v) is 13.0. The van der Waals surface area contributed by atoms with Crippen molar-refractivity contribution in [2.75, 3.05) is 11.9 Å². The molecule has 7 nitrogen and oxygen atoms in total. The maximum atomic E-state index is 14.4. The maximum absolute atomic E-state index is 14.4. The molecule has 5 rings (SSSR count). The lowest BCUT2D eigenvalue weighted by Crippen LogP contribution is -2.56. The number of rotatable bonds is 9. The van der Waals surface area contributed by atoms with Crippen LogP contribution in [0.25, 0.3) is 0 Å². The Kier molecular flexibility index (Phi) is 7.31. The van der Waals surface area contributed by atoms with Crippen LogP contribution >= 0.6 is 11.8 Å². The number of fused-ring (bicyclic) bond motifs is 1. The third-order valence-corrected chi connectivity index (χ3v) is 10.6. The van der Waals surface area contributed by atoms with Gasteiger partial charge in [-0.15, -0.1) is 11.8 Å². The highest BCUT2D eigenvalue weighted by molar-refractivity contribution is 8.02. The van der Waals surface area contributed by atoms with Gasteiger partial charge in [0.15, 0.2) is 0 Å². The number of hydrogen-bond acceptors (Lipinski definition) is 5. The van der Waals surface area contributed by atoms with Gasteiger partial charge in [0.2, 0.25) is 17.7 Å². The molecular weight excluding hydrogens is 498 g/mol. The van der Waals surface area contributed by atoms with Gasteiger partial charge in [-0.3, -0.25) is 14.4 Å². The Labute approximate surface area is 228 Å². The highest BCUT2D eigenvalue weighted by Gasteiger charge is 2.77. The Balaban J connectivity index is 1.56. The van der Waals surface area contributed by atoms with E-state index in [1.807, 2.05) is 67.6 Å². The molecule has 2 bridgehead atoms. The number of anilines is 1. The average Bonchev–Trinajstić information content (AvgIpc) is 3.47. The molecule has 0 saturated carbocycles. The topological polar surface area (TPSA) is 98.7 Å². The van der Waals surface area contributed by atoms with Crippen molar-refractivity contribution in [3.63, 3.8) is 0 Å². The van der Waals surface area contributed by atoms with Crippen LogP contribution in [0.4, 0.5) is 5.69 Å². The van der Waals surface area contributed by atoms with Crippen molar-refractivity contribution in [2.24, 2.45) is 11.8 Å². The largest absolute Gasteiger partial charge is 0.394 e. The third kappa shape index (κ3) is 4.31. The smallest absolute Gasteiger partial charge is 0.244 e. The number of benzene rings is 2. The number of carbonyl (C=O) groups excluding carboxylic acids is 3. The molecule has 0 aromatic heterocycles. The summed E-state index contributed by atoms with van der Waals surface area (Å²) in [5, 5.41) is 16.8. The molecular formula is C30H37N3O4S. The van der Waals surface area contributed by atoms with Crippen LogP contribution in [0.1, 0.15) is 58.1 Å². The number of aliphatic hydroxyl groups is 1. The summed E-state index contributed by atoms with van der Waals surface area (Å²) in [6.07, 6.45) is 3.17. The standard InChI is InChI=1S/C30H37N3O4S/c1-4-11-19(2)31-27(36)25-30-17-16-29(3,38-30)23(26(35)32-21-14-9-6-10-15-21)24(30)28(37)33(25)22(18-34)20-12-7-5-8-13-20/h5-10,12-15,19,22-25,34H,4,11,16-18H2,1-3H3,(H,31,36)(H,32,35)/t19?,22-,23-,24+,25?,29+,30?/m1/s1. The maximum Gasteiger partial charge on any atom is 0.244 e. The molecule has 8 heteroatoms. The Morgan fingerprint density at radius 3 is 2.37 bits per heavy atom. The van der Waals surface area contributed by atoms with Crippen molar-refractivity contribution in [3.05, 3.63) is 66.2 Å². The van der Waals surface area contributed by atoms with E-state index >= 15 is 0 Å². The number of hydrogen-bond donors (Lipinski definition) is 3. The van der Waals surface area contributed by atoms with Crippen molar-refractivity contribution in [3.8, 4) is 0 Å². The SMILES string of the molecule is CCCC(C)NC(=O)C1N([C@H](CO)c2ccccc2)C(=O)[C@@H]2[C@H](C(=O)Nc3ccccc3)[C@]3(C)CCC12S3. The van der Waals surface area contributed by atoms with Gasteiger partial charge in [0.1, 0.15) is 6.04 Å². The van der Waals surface area contributed by atoms with Crippen LogP contribution in [0.15, 0.2) is 60.7 Å². The lowest BCUT2D eigenvalue weighted by Gasteiger charge is -2.37. The Morgan fingerprint density at radius 1 is 1.08 bits per heavy atom. The van der Waals surface area contributed by atoms with E-state index in [2.05, 4.69) is 24.5 Å². The molecule has 3 fully saturated rings. The van der Waals surface area contributed by atoms with Gasteiger partial charge in [0, 0.05) is 16.5 Å². The second-order valence-electron chi connectivity index (χ2n) is 11.1. The van der Waals surface area contributed by atoms with Gasteiger partial charge < -0.3 is 20.6 Å². The second kappa shape index (κ2) is 10.4. The van der Waals surface area contributed by atoms with Crippen LogP contribution in [0.2, 0.25) is 0 Å². The molecule has 7 atom stereocenters. The van der Waals surface area contributed by atoms with Crippen LogP contribution in [0.3, 0.4) is 0 Å². The fourth-order valence-electron chi connectivity index (χ4n) is 7.00. The van der Waals surface area contributed by atoms with Gasteiger partial charge in [-0.25, -0.2) is 0 Å². The summed E-state index contributed by atoms with van der Waals surface area (Å²) in [7, 11) is 0. The van der Waals surface area contributed by atoms with E-state index in [1.165, 1.54) is 0 Å². The van der Waals surface area contributed by atoms with Gasteiger partial charge in [0.25, 0.3) is 0 Å². The third-order valence-electron chi connectivity index (χ3n) is 8.59. The first-order valence-electron chi connectivity index (χ1n) is 13.6. The van der Waals surface area contributed by atoms with Crippen molar-refractivity contribution in [1.29, 1.82) is 0 Å². The van der Waals surface area contributed by atoms with E-state index in [0.717, 1.165) is 24.8 Å². The molecule has 1 spiro atoms. The fraction of sp³-hybridized carbons (Fsp3) is 0.500. The van der Waals surface area contributed by atoms with Gasteiger partial charge in [-0.05, 0) is 50.8 Å². The number of thioether (sulfide) groups is 1. The van der Waals surface area contributed by atoms with Crippen LogP contribution in [0, 0.1) is 11.8 Å². The molecule has 3 N–H and O–H groups in total. The summed E-state index contributed by atoms with van der Waals surface area (Å²) in [4.78, 5) is 43.9. The number of nitrogens with one attached hydrogen (secondary N) is 2. The zero-order valence-corrected chi connectivity index (χ0v) is 23.0. The molecule has 3 amide bonds. The van der Waals surface area contributed by atoms with Crippen molar-refractivity contribution >= 4 is 35.2 Å². The van der Waals surface area contributed by atoms with Gasteiger partial charge in [-0.2, -0.15) is 0 Å². The minimum atomic E-state index is -0.780. The van der Waals surface area contributed by atoms with Gasteiger partial charge >= 0.3 is 0 Å². The Bertz CT molecular complexity index is 1190. The minimum absolute atomic E-state index is 0.0411. The summed E-state index contributed by atoms with van der Waals surface area (Å²) in [5.41, 5.74) is 1.46. The van der Waals surface area contributed by atoms with E-state index in [4.69, 9.17) is 0 Å². The first-order chi connectivity index (χ1) is 18.3. The molecule has 38 heavy (non-hydrogen) atoms. The van der Waals surface area contributed by atoms with Crippen LogP contribution < -0.4 is 10.6 Å². The Hall–Kier alpha value is -2.84. The van der Waals surface area contributed by atoms with Gasteiger partial charge in [-0.1, -0.05) is 61.9 Å². The summed E-state index contributed by atoms with van der Waals surface area (Å²) in [6, 6.07) is 17.2. The number of nitrogens with zero attached hydrogens (tertiary/aromatic N) is 1. The lowest BCUT2D eigenvalue weighted by molar-refractivity contribution is -0.142. The molecule has 2 aromatic rings. The predicted octanol–water partition coefficient (Wildman–Crippen LogP) is 4.14. The number of para-hydroxylation sites is 1. The summed E-state index contributed by atoms with van der Waals surface area (Å²) in [5.74, 6) is -1.84. The average molecular weight is 536 g/mol. The zero-order chi connectivity index (χ0) is 27.1. The van der Waals surface area contributed by atoms with Crippen LogP contribution in [-0.4, -0.2) is 55.9 Å². The number of aliphatic hydroxyl groups excluding tert-OH is 1. The van der Waals surface area contributed by atoms with Crippen LogP contribution in [-0.2, 0) is 14.4 Å². The molecule has 2 aromatic carbocycles. The summed E-state index contributed by atoms with van der Waals surface area (Å²) < 4.78 is -1.19. The number of carbonyl (C=O) groups is 3. The Morgan fingerprint density at radius 2 is 1.74 bits per heavy atom. The summed E-state index contributed by atoms with van der Waals surface area (Å²) >= 11 is 1.64. The van der Waals surface area contributed by atoms with Crippen molar-refractivity contribution in [1.82, 2.24) is 10.2 Å². The van der Waals surface area contributed by atoms with Crippen molar-refractivity contribution in [2.45, 2.75) is 74.1 Å². The van der Waals surface area contributed by atoms with Crippen LogP contribution in [0.5, 0.6) is 0 Å². The lowest BCUT2D eigenvalue weighted by atomic mass is 9.66. The van der Waals surface area contributed by atoms with E-state index in [-0.39, 0.29) is 30.4 Å². The number of amides is 3. The molecule has 0 aliphatic carbocycles. The molecule has 3 heterocycles. The normalized spacial score (nSPS) is 31.1. The first-order valence-corrected chi connectivity index (χ1v) is 14.4. The van der Waals surface area contributed by atoms with Crippen molar-refractivity contribution < 1.29 is 19.5 Å². The zero-order valence-electron chi connectivity index (χ0n) is 22.2. The monoisotopic (exact) mass is 535 g/mol. The van der Waals surface area contributed by atoms with E-state index < -0.39 is 33.4 Å². The molecule has 3 unspecified atom stereocenters. The molecule has 202 valence electrons. The molecule has 3 saturated heterocycles. The molecule has 3 aliphatic heterocycles. The minimum Gasteiger partial charge on any atom is -0.394 e. The summed E-state index contributed by atoms with van der Waals surface area (Å²) in [6.45, 7) is 5.81. The quantitative estimate of drug-likeness (QED) is 0.448. The van der Waals surface area contributed by atoms with E-state index in [1.54, 1.807) is 16.7 Å². The molecule has 0 radical (unpaired) electrons. The van der Waals surface area contributed by atoms with E-state index in [0.29, 0.717) is 12.1 Å². The number of likely N-dealkylation sites (tertiary alicyclic amines) is 1. The predicted molar refractivity (Wildman–Crippen MR) is 149 cm³/mol. The molecule has 3 aliphatic rings. The van der Waals surface area contributed by atoms with E-state index in [9.17, 15) is 19.5 Å². The highest BCUT2D eigenvalue weighted by Crippen LogP contribution is 2.72. The fourth-order valence-corrected chi connectivity index (χ4v) is 9.34. The first kappa shape index (κ1) is 26.8. The van der Waals surface area contributed by atoms with Gasteiger partial charge in [0.05, 0.1) is 29.2 Å². The highest BCUT2D eigenvalue weighted by atomic mass is 32.2.